The van der Waals surface area contributed by atoms with E-state index in [1.807, 2.05) is 25.6 Å². The maximum Gasteiger partial charge on any atom is 0.314 e. The standard InChI is InChI=1S/C14H28N2O3S/c1-11(2)9-12(13(17)18)10-16-14(19)15-7-5-4-6-8-20-3/h11-12H,4-10H2,1-3H3,(H,17,18)(H2,15,16,19). The van der Waals surface area contributed by atoms with Gasteiger partial charge in [0, 0.05) is 13.1 Å². The summed E-state index contributed by atoms with van der Waals surface area (Å²) in [5.41, 5.74) is 0. The van der Waals surface area contributed by atoms with Crippen LogP contribution in [-0.2, 0) is 4.79 Å². The van der Waals surface area contributed by atoms with E-state index in [2.05, 4.69) is 16.9 Å². The number of aliphatic carboxylic acids is 1. The molecule has 20 heavy (non-hydrogen) atoms. The SMILES string of the molecule is CSCCCCCNC(=O)NCC(CC(C)C)C(=O)O. The molecule has 0 aromatic rings. The molecule has 3 N–H and O–H groups in total. The van der Waals surface area contributed by atoms with Crippen molar-refractivity contribution in [3.63, 3.8) is 0 Å². The third-order valence-electron chi connectivity index (χ3n) is 2.92. The van der Waals surface area contributed by atoms with Crippen LogP contribution in [-0.4, -0.2) is 42.2 Å². The minimum Gasteiger partial charge on any atom is -0.481 e. The lowest BCUT2D eigenvalue weighted by Crippen LogP contribution is -2.40. The van der Waals surface area contributed by atoms with E-state index in [0.717, 1.165) is 18.6 Å². The molecule has 0 rings (SSSR count). The van der Waals surface area contributed by atoms with Crippen LogP contribution in [0.2, 0.25) is 0 Å². The van der Waals surface area contributed by atoms with Crippen molar-refractivity contribution >= 4 is 23.8 Å². The Morgan fingerprint density at radius 3 is 2.40 bits per heavy atom. The highest BCUT2D eigenvalue weighted by molar-refractivity contribution is 7.98. The summed E-state index contributed by atoms with van der Waals surface area (Å²) in [5, 5.41) is 14.5. The van der Waals surface area contributed by atoms with E-state index in [1.54, 1.807) is 0 Å². The lowest BCUT2D eigenvalue weighted by atomic mass is 9.97. The smallest absolute Gasteiger partial charge is 0.314 e. The molecule has 0 spiro atoms. The zero-order valence-corrected chi connectivity index (χ0v) is 13.6. The van der Waals surface area contributed by atoms with Gasteiger partial charge in [-0.15, -0.1) is 0 Å². The summed E-state index contributed by atoms with van der Waals surface area (Å²) in [6.07, 6.45) is 5.89. The monoisotopic (exact) mass is 304 g/mol. The van der Waals surface area contributed by atoms with Gasteiger partial charge in [0.25, 0.3) is 0 Å². The fourth-order valence-corrected chi connectivity index (χ4v) is 2.36. The highest BCUT2D eigenvalue weighted by Gasteiger charge is 2.19. The Morgan fingerprint density at radius 1 is 1.15 bits per heavy atom. The molecule has 0 heterocycles. The number of urea groups is 1. The number of hydrogen-bond acceptors (Lipinski definition) is 3. The van der Waals surface area contributed by atoms with Gasteiger partial charge in [0.05, 0.1) is 5.92 Å². The van der Waals surface area contributed by atoms with E-state index < -0.39 is 11.9 Å². The zero-order chi connectivity index (χ0) is 15.4. The van der Waals surface area contributed by atoms with Gasteiger partial charge in [-0.1, -0.05) is 20.3 Å². The number of carboxylic acid groups (broad SMARTS) is 1. The Hall–Kier alpha value is -0.910. The molecule has 1 unspecified atom stereocenters. The minimum absolute atomic E-state index is 0.186. The number of amides is 2. The first-order valence-electron chi connectivity index (χ1n) is 7.20. The van der Waals surface area contributed by atoms with E-state index in [1.165, 1.54) is 6.42 Å². The highest BCUT2D eigenvalue weighted by Crippen LogP contribution is 2.10. The van der Waals surface area contributed by atoms with Gasteiger partial charge in [-0.25, -0.2) is 4.79 Å². The summed E-state index contributed by atoms with van der Waals surface area (Å²) >= 11 is 1.83. The average Bonchev–Trinajstić information content (AvgIpc) is 2.37. The van der Waals surface area contributed by atoms with Gasteiger partial charge in [-0.05, 0) is 37.2 Å². The normalized spacial score (nSPS) is 12.2. The number of thioether (sulfide) groups is 1. The molecule has 2 amide bonds. The van der Waals surface area contributed by atoms with Crippen LogP contribution in [0.1, 0.15) is 39.5 Å². The molecule has 0 aliphatic rings. The molecule has 0 saturated heterocycles. The van der Waals surface area contributed by atoms with Gasteiger partial charge < -0.3 is 15.7 Å². The van der Waals surface area contributed by atoms with E-state index in [-0.39, 0.29) is 12.6 Å². The lowest BCUT2D eigenvalue weighted by molar-refractivity contribution is -0.142. The van der Waals surface area contributed by atoms with Crippen molar-refractivity contribution in [2.45, 2.75) is 39.5 Å². The Kier molecular flexibility index (Phi) is 11.3. The molecule has 1 atom stereocenters. The molecule has 0 aromatic heterocycles. The lowest BCUT2D eigenvalue weighted by Gasteiger charge is -2.15. The number of rotatable bonds is 11. The molecule has 0 aromatic carbocycles. The summed E-state index contributed by atoms with van der Waals surface area (Å²) in [5.74, 6) is 0.0950. The van der Waals surface area contributed by atoms with Crippen molar-refractivity contribution in [1.82, 2.24) is 10.6 Å². The molecule has 5 nitrogen and oxygen atoms in total. The van der Waals surface area contributed by atoms with Crippen molar-refractivity contribution in [2.75, 3.05) is 25.1 Å². The molecule has 6 heteroatoms. The van der Waals surface area contributed by atoms with Gasteiger partial charge in [0.15, 0.2) is 0 Å². The number of carbonyl (C=O) groups excluding carboxylic acids is 1. The van der Waals surface area contributed by atoms with E-state index in [9.17, 15) is 9.59 Å². The number of nitrogens with one attached hydrogen (secondary N) is 2. The zero-order valence-electron chi connectivity index (χ0n) is 12.8. The van der Waals surface area contributed by atoms with Crippen LogP contribution < -0.4 is 10.6 Å². The minimum atomic E-state index is -0.851. The van der Waals surface area contributed by atoms with E-state index >= 15 is 0 Å². The summed E-state index contributed by atoms with van der Waals surface area (Å²) < 4.78 is 0. The molecule has 0 saturated carbocycles. The summed E-state index contributed by atoms with van der Waals surface area (Å²) in [6, 6.07) is -0.273. The van der Waals surface area contributed by atoms with Crippen molar-refractivity contribution in [2.24, 2.45) is 11.8 Å². The van der Waals surface area contributed by atoms with Crippen molar-refractivity contribution < 1.29 is 14.7 Å². The van der Waals surface area contributed by atoms with Gasteiger partial charge in [-0.2, -0.15) is 11.8 Å². The van der Waals surface area contributed by atoms with Crippen LogP contribution in [0.3, 0.4) is 0 Å². The topological polar surface area (TPSA) is 78.4 Å². The van der Waals surface area contributed by atoms with Crippen LogP contribution in [0.15, 0.2) is 0 Å². The fraction of sp³-hybridized carbons (Fsp3) is 0.857. The average molecular weight is 304 g/mol. The summed E-state index contributed by atoms with van der Waals surface area (Å²) in [4.78, 5) is 22.6. The molecule has 0 aliphatic heterocycles. The largest absolute Gasteiger partial charge is 0.481 e. The molecule has 0 aliphatic carbocycles. The number of unbranched alkanes of at least 4 members (excludes halogenated alkanes) is 2. The first-order chi connectivity index (χ1) is 9.47. The molecule has 118 valence electrons. The second kappa shape index (κ2) is 11.9. The van der Waals surface area contributed by atoms with Crippen molar-refractivity contribution in [1.29, 1.82) is 0 Å². The van der Waals surface area contributed by atoms with Crippen LogP contribution in [0.5, 0.6) is 0 Å². The molecule has 0 bridgehead atoms. The van der Waals surface area contributed by atoms with Gasteiger partial charge in [-0.3, -0.25) is 4.79 Å². The number of carbonyl (C=O) groups is 2. The molecular formula is C14H28N2O3S. The second-order valence-electron chi connectivity index (χ2n) is 5.35. The van der Waals surface area contributed by atoms with Gasteiger partial charge in [0.2, 0.25) is 0 Å². The second-order valence-corrected chi connectivity index (χ2v) is 6.34. The summed E-state index contributed by atoms with van der Waals surface area (Å²) in [6.45, 7) is 4.78. The summed E-state index contributed by atoms with van der Waals surface area (Å²) in [7, 11) is 0. The Balaban J connectivity index is 3.71. The molecule has 0 fully saturated rings. The number of hydrogen-bond donors (Lipinski definition) is 3. The van der Waals surface area contributed by atoms with E-state index in [4.69, 9.17) is 5.11 Å². The van der Waals surface area contributed by atoms with Gasteiger partial charge in [0.1, 0.15) is 0 Å². The Bertz CT molecular complexity index is 286. The van der Waals surface area contributed by atoms with Gasteiger partial charge >= 0.3 is 12.0 Å². The van der Waals surface area contributed by atoms with Crippen molar-refractivity contribution in [3.05, 3.63) is 0 Å². The van der Waals surface area contributed by atoms with E-state index in [0.29, 0.717) is 18.9 Å². The van der Waals surface area contributed by atoms with Crippen LogP contribution in [0.25, 0.3) is 0 Å². The molecular weight excluding hydrogens is 276 g/mol. The third kappa shape index (κ3) is 11.0. The quantitative estimate of drug-likeness (QED) is 0.513. The first-order valence-corrected chi connectivity index (χ1v) is 8.60. The van der Waals surface area contributed by atoms with Crippen LogP contribution in [0, 0.1) is 11.8 Å². The maximum atomic E-state index is 11.5. The molecule has 0 radical (unpaired) electrons. The Labute approximate surface area is 126 Å². The van der Waals surface area contributed by atoms with Crippen LogP contribution in [0.4, 0.5) is 4.79 Å². The third-order valence-corrected chi connectivity index (χ3v) is 3.62. The first kappa shape index (κ1) is 19.1. The number of carboxylic acids is 1. The Morgan fingerprint density at radius 2 is 1.85 bits per heavy atom. The highest BCUT2D eigenvalue weighted by atomic mass is 32.2. The predicted molar refractivity (Wildman–Crippen MR) is 84.2 cm³/mol. The fourth-order valence-electron chi connectivity index (χ4n) is 1.87. The maximum absolute atomic E-state index is 11.5. The predicted octanol–water partition coefficient (Wildman–Crippen LogP) is 2.57. The van der Waals surface area contributed by atoms with Crippen molar-refractivity contribution in [3.8, 4) is 0 Å². The van der Waals surface area contributed by atoms with Crippen LogP contribution >= 0.6 is 11.8 Å².